The lowest BCUT2D eigenvalue weighted by atomic mass is 10.1. The second kappa shape index (κ2) is 18.4. The lowest BCUT2D eigenvalue weighted by Crippen LogP contribution is -3.00. The van der Waals surface area contributed by atoms with E-state index in [2.05, 4.69) is 33.3 Å². The summed E-state index contributed by atoms with van der Waals surface area (Å²) in [4.78, 5) is 24.3. The van der Waals surface area contributed by atoms with Gasteiger partial charge in [-0.3, -0.25) is 9.28 Å². The summed E-state index contributed by atoms with van der Waals surface area (Å²) in [6, 6.07) is 23.1. The van der Waals surface area contributed by atoms with Crippen LogP contribution in [0.5, 0.6) is 11.5 Å². The minimum absolute atomic E-state index is 0. The number of nitrogens with zero attached hydrogens (tertiary/aromatic N) is 1. The van der Waals surface area contributed by atoms with Crippen molar-refractivity contribution in [2.75, 3.05) is 41.5 Å². The first-order valence-corrected chi connectivity index (χ1v) is 14.3. The maximum Gasteiger partial charge on any atom is 0.341 e. The fourth-order valence-corrected chi connectivity index (χ4v) is 4.29. The van der Waals surface area contributed by atoms with E-state index in [4.69, 9.17) is 18.9 Å². The quantitative estimate of drug-likeness (QED) is 0.0932. The number of hydrogen-bond donors (Lipinski definition) is 0. The second-order valence-electron chi connectivity index (χ2n) is 11.0. The van der Waals surface area contributed by atoms with Gasteiger partial charge in [0.1, 0.15) is 29.4 Å². The summed E-state index contributed by atoms with van der Waals surface area (Å²) in [5.41, 5.74) is 3.55. The van der Waals surface area contributed by atoms with E-state index in [0.29, 0.717) is 43.3 Å². The Bertz CT molecular complexity index is 1230. The topological polar surface area (TPSA) is 71.1 Å². The highest BCUT2D eigenvalue weighted by Gasteiger charge is 2.15. The zero-order valence-electron chi connectivity index (χ0n) is 25.3. The van der Waals surface area contributed by atoms with E-state index in [1.807, 2.05) is 42.5 Å². The largest absolute Gasteiger partial charge is 1.00 e. The standard InChI is InChI=1S/C34H44NO6.HI/c1-35(2,3)29-18-16-27(17-19-29)24-33(36)40-23-13-8-6-5-7-12-22-39-30-20-21-31(34(37)38-4)32(25-30)41-26-28-14-10-9-11-15-28;/h9-11,14-21,25H,5-8,12-13,22-24,26H2,1-4H3;1H/q+1;/p-1. The molecule has 3 aromatic rings. The molecule has 0 heterocycles. The molecular weight excluding hydrogens is 645 g/mol. The normalized spacial score (nSPS) is 10.9. The Balaban J connectivity index is 0.00000616. The summed E-state index contributed by atoms with van der Waals surface area (Å²) in [5.74, 6) is 0.483. The number of benzene rings is 3. The van der Waals surface area contributed by atoms with Crippen molar-refractivity contribution in [3.8, 4) is 11.5 Å². The summed E-state index contributed by atoms with van der Waals surface area (Å²) in [6.07, 6.45) is 6.40. The van der Waals surface area contributed by atoms with Crippen LogP contribution < -0.4 is 37.9 Å². The number of carbonyl (C=O) groups excluding carboxylic acids is 2. The smallest absolute Gasteiger partial charge is 0.341 e. The molecule has 0 radical (unpaired) electrons. The van der Waals surface area contributed by atoms with E-state index in [-0.39, 0.29) is 29.9 Å². The number of unbranched alkanes of at least 4 members (excludes halogenated alkanes) is 5. The Morgan fingerprint density at radius 2 is 1.36 bits per heavy atom. The molecule has 0 N–H and O–H groups in total. The van der Waals surface area contributed by atoms with Crippen LogP contribution in [-0.2, 0) is 27.3 Å². The van der Waals surface area contributed by atoms with Gasteiger partial charge >= 0.3 is 11.9 Å². The number of hydrogen-bond acceptors (Lipinski definition) is 6. The molecule has 0 amide bonds. The van der Waals surface area contributed by atoms with Crippen LogP contribution in [-0.4, -0.2) is 53.4 Å². The molecule has 3 aromatic carbocycles. The van der Waals surface area contributed by atoms with Gasteiger partial charge in [-0.05, 0) is 48.2 Å². The summed E-state index contributed by atoms with van der Waals surface area (Å²) < 4.78 is 22.9. The molecule has 0 aromatic heterocycles. The van der Waals surface area contributed by atoms with E-state index >= 15 is 0 Å². The highest BCUT2D eigenvalue weighted by Crippen LogP contribution is 2.27. The third kappa shape index (κ3) is 12.4. The first-order chi connectivity index (χ1) is 19.8. The number of halogens is 1. The highest BCUT2D eigenvalue weighted by molar-refractivity contribution is 5.92. The van der Waals surface area contributed by atoms with Gasteiger partial charge in [0, 0.05) is 6.07 Å². The predicted octanol–water partition coefficient (Wildman–Crippen LogP) is 3.76. The van der Waals surface area contributed by atoms with Crippen molar-refractivity contribution >= 4 is 17.6 Å². The van der Waals surface area contributed by atoms with Crippen LogP contribution in [0, 0.1) is 0 Å². The number of methoxy groups -OCH3 is 1. The lowest BCUT2D eigenvalue weighted by molar-refractivity contribution is -0.142. The van der Waals surface area contributed by atoms with E-state index in [9.17, 15) is 9.59 Å². The molecule has 0 fully saturated rings. The average molecular weight is 690 g/mol. The van der Waals surface area contributed by atoms with Gasteiger partial charge in [-0.25, -0.2) is 4.79 Å². The third-order valence-electron chi connectivity index (χ3n) is 6.73. The molecule has 0 unspecified atom stereocenters. The van der Waals surface area contributed by atoms with Crippen LogP contribution in [0.3, 0.4) is 0 Å². The summed E-state index contributed by atoms with van der Waals surface area (Å²) >= 11 is 0. The van der Waals surface area contributed by atoms with Crippen molar-refractivity contribution < 1.29 is 52.5 Å². The molecule has 8 heteroatoms. The minimum atomic E-state index is -0.445. The average Bonchev–Trinajstić information content (AvgIpc) is 2.97. The Labute approximate surface area is 267 Å². The molecule has 0 aliphatic rings. The van der Waals surface area contributed by atoms with Gasteiger partial charge in [-0.2, -0.15) is 0 Å². The molecule has 228 valence electrons. The van der Waals surface area contributed by atoms with Crippen LogP contribution in [0.2, 0.25) is 0 Å². The fourth-order valence-electron chi connectivity index (χ4n) is 4.29. The molecule has 0 bridgehead atoms. The van der Waals surface area contributed by atoms with Gasteiger partial charge in [-0.15, -0.1) is 0 Å². The van der Waals surface area contributed by atoms with Crippen molar-refractivity contribution in [1.82, 2.24) is 4.48 Å². The summed E-state index contributed by atoms with van der Waals surface area (Å²) in [5, 5.41) is 0. The van der Waals surface area contributed by atoms with Crippen molar-refractivity contribution in [1.29, 1.82) is 0 Å². The zero-order chi connectivity index (χ0) is 29.5. The minimum Gasteiger partial charge on any atom is -1.00 e. The summed E-state index contributed by atoms with van der Waals surface area (Å²) in [7, 11) is 7.70. The highest BCUT2D eigenvalue weighted by atomic mass is 127. The molecular formula is C34H44INO6. The van der Waals surface area contributed by atoms with Crippen LogP contribution in [0.1, 0.15) is 60.0 Å². The van der Waals surface area contributed by atoms with Crippen LogP contribution in [0.4, 0.5) is 5.69 Å². The molecule has 0 aliphatic carbocycles. The summed E-state index contributed by atoms with van der Waals surface area (Å²) in [6.45, 7) is 1.40. The van der Waals surface area contributed by atoms with Crippen LogP contribution in [0.25, 0.3) is 0 Å². The molecule has 3 rings (SSSR count). The molecule has 7 nitrogen and oxygen atoms in total. The Kier molecular flexibility index (Phi) is 15.4. The van der Waals surface area contributed by atoms with Crippen molar-refractivity contribution in [2.45, 2.75) is 51.6 Å². The number of esters is 2. The predicted molar refractivity (Wildman–Crippen MR) is 162 cm³/mol. The van der Waals surface area contributed by atoms with Crippen molar-refractivity contribution in [3.63, 3.8) is 0 Å². The Morgan fingerprint density at radius 3 is 2.00 bits per heavy atom. The monoisotopic (exact) mass is 689 g/mol. The lowest BCUT2D eigenvalue weighted by Gasteiger charge is -2.23. The van der Waals surface area contributed by atoms with Gasteiger partial charge < -0.3 is 42.9 Å². The van der Waals surface area contributed by atoms with E-state index < -0.39 is 5.97 Å². The first kappa shape index (κ1) is 35.1. The molecule has 0 aliphatic heterocycles. The number of rotatable bonds is 17. The number of ether oxygens (including phenoxy) is 4. The Morgan fingerprint density at radius 1 is 0.714 bits per heavy atom. The van der Waals surface area contributed by atoms with Crippen LogP contribution in [0.15, 0.2) is 72.8 Å². The molecule has 0 saturated heterocycles. The Hall–Kier alpha value is -3.11. The van der Waals surface area contributed by atoms with Gasteiger partial charge in [0.05, 0.1) is 47.9 Å². The molecule has 42 heavy (non-hydrogen) atoms. The van der Waals surface area contributed by atoms with E-state index in [0.717, 1.165) is 54.1 Å². The van der Waals surface area contributed by atoms with Gasteiger partial charge in [0.15, 0.2) is 0 Å². The van der Waals surface area contributed by atoms with Crippen molar-refractivity contribution in [2.24, 2.45) is 0 Å². The maximum absolute atomic E-state index is 12.2. The van der Waals surface area contributed by atoms with Crippen LogP contribution >= 0.6 is 0 Å². The number of carbonyl (C=O) groups is 2. The van der Waals surface area contributed by atoms with Gasteiger partial charge in [0.2, 0.25) is 0 Å². The third-order valence-corrected chi connectivity index (χ3v) is 6.73. The van der Waals surface area contributed by atoms with E-state index in [1.54, 1.807) is 18.2 Å². The number of quaternary nitrogens is 1. The fraction of sp³-hybridized carbons (Fsp3) is 0.412. The molecule has 0 atom stereocenters. The zero-order valence-corrected chi connectivity index (χ0v) is 27.4. The van der Waals surface area contributed by atoms with Gasteiger partial charge in [-0.1, -0.05) is 68.1 Å². The SMILES string of the molecule is COC(=O)c1ccc(OCCCCCCCCOC(=O)Cc2ccc([N+](C)(C)C)cc2)cc1OCc1ccccc1.[I-]. The first-order valence-electron chi connectivity index (χ1n) is 14.3. The van der Waals surface area contributed by atoms with E-state index in [1.165, 1.54) is 12.8 Å². The molecule has 0 spiro atoms. The van der Waals surface area contributed by atoms with Crippen molar-refractivity contribution in [3.05, 3.63) is 89.5 Å². The maximum atomic E-state index is 12.2. The van der Waals surface area contributed by atoms with Gasteiger partial charge in [0.25, 0.3) is 0 Å². The molecule has 0 saturated carbocycles. The second-order valence-corrected chi connectivity index (χ2v) is 11.0.